The fourth-order valence-corrected chi connectivity index (χ4v) is 3.82. The number of hydrazone groups is 1. The van der Waals surface area contributed by atoms with E-state index in [4.69, 9.17) is 4.74 Å². The molecule has 1 N–H and O–H groups in total. The van der Waals surface area contributed by atoms with Crippen LogP contribution in [0.25, 0.3) is 16.5 Å². The number of ether oxygens (including phenoxy) is 1. The Bertz CT molecular complexity index is 1250. The van der Waals surface area contributed by atoms with E-state index in [1.807, 2.05) is 80.6 Å². The second kappa shape index (κ2) is 8.88. The van der Waals surface area contributed by atoms with Crippen molar-refractivity contribution in [3.63, 3.8) is 0 Å². The number of hydrogen-bond acceptors (Lipinski definition) is 3. The highest BCUT2D eigenvalue weighted by Crippen LogP contribution is 2.22. The molecule has 0 aliphatic carbocycles. The first-order chi connectivity index (χ1) is 15.1. The zero-order valence-corrected chi connectivity index (χ0v) is 17.9. The summed E-state index contributed by atoms with van der Waals surface area (Å²) in [6.45, 7) is 6.71. The predicted octanol–water partition coefficient (Wildman–Crippen LogP) is 5.41. The Hall–Kier alpha value is -3.86. The van der Waals surface area contributed by atoms with Gasteiger partial charge in [0.15, 0.2) is 0 Å². The number of amides is 1. The van der Waals surface area contributed by atoms with E-state index in [0.717, 1.165) is 39.2 Å². The number of benzene rings is 3. The van der Waals surface area contributed by atoms with Gasteiger partial charge in [-0.15, -0.1) is 0 Å². The van der Waals surface area contributed by atoms with Gasteiger partial charge in [-0.3, -0.25) is 4.79 Å². The van der Waals surface area contributed by atoms with Crippen molar-refractivity contribution in [2.75, 3.05) is 6.61 Å². The molecule has 0 unspecified atom stereocenters. The Morgan fingerprint density at radius 1 is 1.03 bits per heavy atom. The number of aromatic nitrogens is 1. The van der Waals surface area contributed by atoms with Crippen LogP contribution >= 0.6 is 0 Å². The van der Waals surface area contributed by atoms with Gasteiger partial charge in [0.1, 0.15) is 5.75 Å². The molecule has 1 heterocycles. The summed E-state index contributed by atoms with van der Waals surface area (Å²) in [5.74, 6) is 0.625. The van der Waals surface area contributed by atoms with Crippen LogP contribution in [-0.4, -0.2) is 23.3 Å². The molecule has 0 atom stereocenters. The van der Waals surface area contributed by atoms with E-state index < -0.39 is 0 Å². The third-order valence-corrected chi connectivity index (χ3v) is 5.28. The maximum absolute atomic E-state index is 12.7. The summed E-state index contributed by atoms with van der Waals surface area (Å²) in [7, 11) is 0. The van der Waals surface area contributed by atoms with Crippen molar-refractivity contribution in [2.24, 2.45) is 5.10 Å². The molecule has 4 aromatic rings. The second-order valence-corrected chi connectivity index (χ2v) is 7.31. The minimum Gasteiger partial charge on any atom is -0.494 e. The maximum Gasteiger partial charge on any atom is 0.271 e. The van der Waals surface area contributed by atoms with Crippen molar-refractivity contribution in [3.05, 3.63) is 95.3 Å². The van der Waals surface area contributed by atoms with Crippen LogP contribution in [-0.2, 0) is 0 Å². The highest BCUT2D eigenvalue weighted by atomic mass is 16.5. The summed E-state index contributed by atoms with van der Waals surface area (Å²) >= 11 is 0. The van der Waals surface area contributed by atoms with E-state index in [-0.39, 0.29) is 5.91 Å². The molecule has 1 aromatic heterocycles. The minimum absolute atomic E-state index is 0.228. The number of carbonyl (C=O) groups excluding carboxylic acids is 1. The van der Waals surface area contributed by atoms with E-state index in [1.165, 1.54) is 0 Å². The fraction of sp³-hybridized carbons (Fsp3) is 0.154. The molecule has 31 heavy (non-hydrogen) atoms. The van der Waals surface area contributed by atoms with Gasteiger partial charge in [0.05, 0.1) is 12.8 Å². The number of nitrogens with one attached hydrogen (secondary N) is 1. The Balaban J connectivity index is 1.53. The molecule has 0 aliphatic heterocycles. The Kier molecular flexibility index (Phi) is 5.85. The van der Waals surface area contributed by atoms with Crippen molar-refractivity contribution in [1.82, 2.24) is 9.99 Å². The van der Waals surface area contributed by atoms with Gasteiger partial charge in [-0.2, -0.15) is 5.10 Å². The van der Waals surface area contributed by atoms with Gasteiger partial charge in [0.25, 0.3) is 5.91 Å². The molecule has 156 valence electrons. The highest BCUT2D eigenvalue weighted by molar-refractivity contribution is 6.07. The predicted molar refractivity (Wildman–Crippen MR) is 125 cm³/mol. The number of fused-ring (bicyclic) bond motifs is 1. The molecule has 1 amide bonds. The Morgan fingerprint density at radius 2 is 1.77 bits per heavy atom. The van der Waals surface area contributed by atoms with Crippen molar-refractivity contribution in [1.29, 1.82) is 0 Å². The van der Waals surface area contributed by atoms with Crippen LogP contribution in [0.4, 0.5) is 0 Å². The van der Waals surface area contributed by atoms with Gasteiger partial charge in [-0.1, -0.05) is 36.4 Å². The number of nitrogens with zero attached hydrogens (tertiary/aromatic N) is 2. The Labute approximate surface area is 182 Å². The first kappa shape index (κ1) is 20.4. The van der Waals surface area contributed by atoms with Gasteiger partial charge in [-0.05, 0) is 67.9 Å². The number of carbonyl (C=O) groups is 1. The van der Waals surface area contributed by atoms with Crippen LogP contribution < -0.4 is 10.2 Å². The summed E-state index contributed by atoms with van der Waals surface area (Å²) in [4.78, 5) is 12.7. The van der Waals surface area contributed by atoms with Crippen LogP contribution in [0.5, 0.6) is 5.75 Å². The summed E-state index contributed by atoms with van der Waals surface area (Å²) in [6, 6.07) is 23.6. The SMILES string of the molecule is CCOc1ccc(-n2c(C)cc(/C=N\NC(=O)c3cccc4ccccc34)c2C)cc1. The first-order valence-electron chi connectivity index (χ1n) is 10.3. The zero-order valence-electron chi connectivity index (χ0n) is 17.9. The van der Waals surface area contributed by atoms with Crippen molar-refractivity contribution < 1.29 is 9.53 Å². The molecular weight excluding hydrogens is 386 g/mol. The zero-order chi connectivity index (χ0) is 21.8. The smallest absolute Gasteiger partial charge is 0.271 e. The number of hydrogen-bond donors (Lipinski definition) is 1. The quantitative estimate of drug-likeness (QED) is 0.341. The highest BCUT2D eigenvalue weighted by Gasteiger charge is 2.11. The minimum atomic E-state index is -0.228. The average Bonchev–Trinajstić information content (AvgIpc) is 3.07. The van der Waals surface area contributed by atoms with Crippen molar-refractivity contribution in [2.45, 2.75) is 20.8 Å². The summed E-state index contributed by atoms with van der Waals surface area (Å²) < 4.78 is 7.69. The molecule has 0 fully saturated rings. The van der Waals surface area contributed by atoms with Gasteiger partial charge in [-0.25, -0.2) is 5.43 Å². The largest absolute Gasteiger partial charge is 0.494 e. The lowest BCUT2D eigenvalue weighted by atomic mass is 10.0. The molecule has 0 radical (unpaired) electrons. The van der Waals surface area contributed by atoms with Gasteiger partial charge >= 0.3 is 0 Å². The van der Waals surface area contributed by atoms with Crippen LogP contribution in [0.1, 0.15) is 34.2 Å². The topological polar surface area (TPSA) is 55.6 Å². The molecule has 0 spiro atoms. The summed E-state index contributed by atoms with van der Waals surface area (Å²) in [5, 5.41) is 6.15. The monoisotopic (exact) mass is 411 g/mol. The maximum atomic E-state index is 12.7. The molecule has 3 aromatic carbocycles. The Morgan fingerprint density at radius 3 is 2.55 bits per heavy atom. The second-order valence-electron chi connectivity index (χ2n) is 7.31. The molecule has 0 aliphatic rings. The summed E-state index contributed by atoms with van der Waals surface area (Å²) in [5.41, 5.74) is 7.40. The molecule has 0 bridgehead atoms. The van der Waals surface area contributed by atoms with Crippen LogP contribution in [0.3, 0.4) is 0 Å². The lowest BCUT2D eigenvalue weighted by Crippen LogP contribution is -2.18. The normalized spacial score (nSPS) is 11.2. The van der Waals surface area contributed by atoms with Crippen LogP contribution in [0.2, 0.25) is 0 Å². The van der Waals surface area contributed by atoms with Crippen molar-refractivity contribution in [3.8, 4) is 11.4 Å². The molecular formula is C26H25N3O2. The number of rotatable bonds is 6. The van der Waals surface area contributed by atoms with E-state index in [2.05, 4.69) is 28.1 Å². The lowest BCUT2D eigenvalue weighted by Gasteiger charge is -2.11. The fourth-order valence-electron chi connectivity index (χ4n) is 3.82. The third-order valence-electron chi connectivity index (χ3n) is 5.28. The lowest BCUT2D eigenvalue weighted by molar-refractivity contribution is 0.0957. The average molecular weight is 412 g/mol. The number of aryl methyl sites for hydroxylation is 1. The van der Waals surface area contributed by atoms with Crippen LogP contribution in [0, 0.1) is 13.8 Å². The van der Waals surface area contributed by atoms with E-state index >= 15 is 0 Å². The summed E-state index contributed by atoms with van der Waals surface area (Å²) in [6.07, 6.45) is 1.69. The van der Waals surface area contributed by atoms with Gasteiger partial charge in [0.2, 0.25) is 0 Å². The first-order valence-corrected chi connectivity index (χ1v) is 10.3. The van der Waals surface area contributed by atoms with Crippen LogP contribution in [0.15, 0.2) is 77.9 Å². The molecule has 4 rings (SSSR count). The van der Waals surface area contributed by atoms with E-state index in [9.17, 15) is 4.79 Å². The third kappa shape index (κ3) is 4.21. The van der Waals surface area contributed by atoms with Gasteiger partial charge < -0.3 is 9.30 Å². The van der Waals surface area contributed by atoms with E-state index in [1.54, 1.807) is 6.21 Å². The van der Waals surface area contributed by atoms with E-state index in [0.29, 0.717) is 12.2 Å². The standard InChI is InChI=1S/C26H25N3O2/c1-4-31-23-14-12-22(13-15-23)29-18(2)16-21(19(29)3)17-27-28-26(30)25-11-7-9-20-8-5-6-10-24(20)25/h5-17H,4H2,1-3H3,(H,28,30)/b27-17-. The molecule has 5 nitrogen and oxygen atoms in total. The molecule has 0 saturated carbocycles. The molecule has 0 saturated heterocycles. The van der Waals surface area contributed by atoms with Crippen molar-refractivity contribution >= 4 is 22.9 Å². The molecule has 5 heteroatoms. The van der Waals surface area contributed by atoms with Gasteiger partial charge in [0, 0.05) is 28.2 Å².